The summed E-state index contributed by atoms with van der Waals surface area (Å²) >= 11 is 0. The maximum absolute atomic E-state index is 12.4. The van der Waals surface area contributed by atoms with Gasteiger partial charge in [0.1, 0.15) is 0 Å². The molecule has 1 heterocycles. The summed E-state index contributed by atoms with van der Waals surface area (Å²) in [5.41, 5.74) is 1.34. The van der Waals surface area contributed by atoms with Crippen molar-refractivity contribution < 1.29 is 8.42 Å². The van der Waals surface area contributed by atoms with Crippen molar-refractivity contribution in [2.45, 2.75) is 17.9 Å². The van der Waals surface area contributed by atoms with E-state index in [-0.39, 0.29) is 5.75 Å². The second-order valence-corrected chi connectivity index (χ2v) is 8.70. The molecule has 0 saturated carbocycles. The van der Waals surface area contributed by atoms with Gasteiger partial charge in [-0.3, -0.25) is 4.90 Å². The van der Waals surface area contributed by atoms with Crippen LogP contribution in [0.5, 0.6) is 0 Å². The highest BCUT2D eigenvalue weighted by Gasteiger charge is 2.19. The first-order valence-electron chi connectivity index (χ1n) is 8.90. The van der Waals surface area contributed by atoms with Crippen LogP contribution in [0.1, 0.15) is 12.0 Å². The zero-order chi connectivity index (χ0) is 17.5. The number of hydrogen-bond acceptors (Lipinski definition) is 4. The summed E-state index contributed by atoms with van der Waals surface area (Å²) < 4.78 is 24.9. The summed E-state index contributed by atoms with van der Waals surface area (Å²) in [7, 11) is -3.19. The van der Waals surface area contributed by atoms with E-state index in [9.17, 15) is 8.42 Å². The first-order chi connectivity index (χ1) is 12.1. The highest BCUT2D eigenvalue weighted by Crippen LogP contribution is 2.12. The van der Waals surface area contributed by atoms with Gasteiger partial charge < -0.3 is 4.90 Å². The Morgan fingerprint density at radius 3 is 2.08 bits per heavy atom. The Balaban J connectivity index is 1.50. The van der Waals surface area contributed by atoms with Gasteiger partial charge in [-0.05, 0) is 37.2 Å². The molecule has 1 aliphatic heterocycles. The van der Waals surface area contributed by atoms with Gasteiger partial charge in [-0.2, -0.15) is 0 Å². The molecule has 0 amide bonds. The largest absolute Gasteiger partial charge is 0.301 e. The van der Waals surface area contributed by atoms with Gasteiger partial charge in [-0.1, -0.05) is 48.5 Å². The fourth-order valence-corrected chi connectivity index (χ4v) is 4.55. The minimum Gasteiger partial charge on any atom is -0.301 e. The Morgan fingerprint density at radius 1 is 0.760 bits per heavy atom. The minimum absolute atomic E-state index is 0.190. The lowest BCUT2D eigenvalue weighted by Gasteiger charge is -2.21. The summed E-state index contributed by atoms with van der Waals surface area (Å²) in [4.78, 5) is 5.17. The van der Waals surface area contributed by atoms with E-state index in [4.69, 9.17) is 0 Å². The van der Waals surface area contributed by atoms with Gasteiger partial charge in [0, 0.05) is 26.2 Å². The maximum atomic E-state index is 12.4. The Hall–Kier alpha value is -1.69. The number of sulfone groups is 1. The molecule has 3 rings (SSSR count). The molecule has 0 atom stereocenters. The van der Waals surface area contributed by atoms with Gasteiger partial charge in [-0.25, -0.2) is 8.42 Å². The predicted molar refractivity (Wildman–Crippen MR) is 101 cm³/mol. The monoisotopic (exact) mass is 358 g/mol. The quantitative estimate of drug-likeness (QED) is 0.796. The maximum Gasteiger partial charge on any atom is 0.179 e. The van der Waals surface area contributed by atoms with E-state index in [0.717, 1.165) is 39.1 Å². The van der Waals surface area contributed by atoms with Gasteiger partial charge in [0.25, 0.3) is 0 Å². The third-order valence-corrected chi connectivity index (χ3v) is 6.42. The molecular weight excluding hydrogens is 332 g/mol. The highest BCUT2D eigenvalue weighted by atomic mass is 32.2. The van der Waals surface area contributed by atoms with Crippen LogP contribution in [0, 0.1) is 0 Å². The zero-order valence-corrected chi connectivity index (χ0v) is 15.4. The second kappa shape index (κ2) is 8.61. The number of rotatable bonds is 6. The van der Waals surface area contributed by atoms with Crippen LogP contribution in [-0.2, 0) is 16.4 Å². The SMILES string of the molecule is O=S(=O)(CCN1CCCN(Cc2ccccc2)CC1)c1ccccc1. The molecule has 0 aliphatic carbocycles. The van der Waals surface area contributed by atoms with Crippen LogP contribution in [-0.4, -0.2) is 56.7 Å². The lowest BCUT2D eigenvalue weighted by molar-refractivity contribution is 0.258. The van der Waals surface area contributed by atoms with Crippen LogP contribution in [0.25, 0.3) is 0 Å². The lowest BCUT2D eigenvalue weighted by atomic mass is 10.2. The van der Waals surface area contributed by atoms with E-state index in [1.165, 1.54) is 5.56 Å². The number of hydrogen-bond donors (Lipinski definition) is 0. The Morgan fingerprint density at radius 2 is 1.36 bits per heavy atom. The van der Waals surface area contributed by atoms with Crippen molar-refractivity contribution >= 4 is 9.84 Å². The van der Waals surface area contributed by atoms with Crippen molar-refractivity contribution in [3.05, 3.63) is 66.2 Å². The van der Waals surface area contributed by atoms with Crippen LogP contribution in [0.15, 0.2) is 65.6 Å². The van der Waals surface area contributed by atoms with E-state index in [0.29, 0.717) is 11.4 Å². The fourth-order valence-electron chi connectivity index (χ4n) is 3.24. The lowest BCUT2D eigenvalue weighted by Crippen LogP contribution is -2.33. The summed E-state index contributed by atoms with van der Waals surface area (Å²) in [6, 6.07) is 19.3. The highest BCUT2D eigenvalue weighted by molar-refractivity contribution is 7.91. The molecule has 0 radical (unpaired) electrons. The first-order valence-corrected chi connectivity index (χ1v) is 10.6. The summed E-state index contributed by atoms with van der Waals surface area (Å²) in [5.74, 6) is 0.190. The number of benzene rings is 2. The molecule has 1 saturated heterocycles. The minimum atomic E-state index is -3.19. The smallest absolute Gasteiger partial charge is 0.179 e. The van der Waals surface area contributed by atoms with Crippen LogP contribution in [0.4, 0.5) is 0 Å². The molecule has 0 N–H and O–H groups in total. The van der Waals surface area contributed by atoms with Crippen molar-refractivity contribution in [1.29, 1.82) is 0 Å². The molecule has 134 valence electrons. The Bertz CT molecular complexity index is 748. The molecular formula is C20H26N2O2S. The number of nitrogens with zero attached hydrogens (tertiary/aromatic N) is 2. The molecule has 5 heteroatoms. The van der Waals surface area contributed by atoms with Crippen molar-refractivity contribution in [1.82, 2.24) is 9.80 Å². The van der Waals surface area contributed by atoms with E-state index in [1.807, 2.05) is 12.1 Å². The normalized spacial score (nSPS) is 17.3. The third kappa shape index (κ3) is 5.39. The van der Waals surface area contributed by atoms with E-state index < -0.39 is 9.84 Å². The average Bonchev–Trinajstić information content (AvgIpc) is 2.87. The van der Waals surface area contributed by atoms with Gasteiger partial charge >= 0.3 is 0 Å². The van der Waals surface area contributed by atoms with Gasteiger partial charge in [0.05, 0.1) is 10.6 Å². The van der Waals surface area contributed by atoms with Crippen LogP contribution < -0.4 is 0 Å². The van der Waals surface area contributed by atoms with Gasteiger partial charge in [0.15, 0.2) is 9.84 Å². The molecule has 0 aromatic heterocycles. The fraction of sp³-hybridized carbons (Fsp3) is 0.400. The van der Waals surface area contributed by atoms with E-state index >= 15 is 0 Å². The average molecular weight is 359 g/mol. The van der Waals surface area contributed by atoms with Crippen molar-refractivity contribution in [2.24, 2.45) is 0 Å². The van der Waals surface area contributed by atoms with Gasteiger partial charge in [0.2, 0.25) is 0 Å². The molecule has 0 bridgehead atoms. The topological polar surface area (TPSA) is 40.6 Å². The van der Waals surface area contributed by atoms with E-state index in [2.05, 4.69) is 34.1 Å². The predicted octanol–water partition coefficient (Wildman–Crippen LogP) is 2.67. The standard InChI is InChI=1S/C20H26N2O2S/c23-25(24,20-10-5-2-6-11-20)17-16-21-12-7-13-22(15-14-21)18-19-8-3-1-4-9-19/h1-6,8-11H,7,12-18H2. The van der Waals surface area contributed by atoms with Crippen molar-refractivity contribution in [2.75, 3.05) is 38.5 Å². The summed E-state index contributed by atoms with van der Waals surface area (Å²) in [5, 5.41) is 0. The molecule has 0 spiro atoms. The molecule has 1 fully saturated rings. The molecule has 2 aromatic carbocycles. The Labute approximate surface area is 151 Å². The Kier molecular flexibility index (Phi) is 6.24. The first kappa shape index (κ1) is 18.1. The van der Waals surface area contributed by atoms with Crippen molar-refractivity contribution in [3.8, 4) is 0 Å². The molecule has 0 unspecified atom stereocenters. The zero-order valence-electron chi connectivity index (χ0n) is 14.5. The molecule has 25 heavy (non-hydrogen) atoms. The summed E-state index contributed by atoms with van der Waals surface area (Å²) in [6.07, 6.45) is 1.08. The van der Waals surface area contributed by atoms with Crippen molar-refractivity contribution in [3.63, 3.8) is 0 Å². The molecule has 1 aliphatic rings. The van der Waals surface area contributed by atoms with Gasteiger partial charge in [-0.15, -0.1) is 0 Å². The third-order valence-electron chi connectivity index (χ3n) is 4.71. The van der Waals surface area contributed by atoms with E-state index in [1.54, 1.807) is 24.3 Å². The molecule has 2 aromatic rings. The molecule has 4 nitrogen and oxygen atoms in total. The van der Waals surface area contributed by atoms with Crippen LogP contribution in [0.3, 0.4) is 0 Å². The second-order valence-electron chi connectivity index (χ2n) is 6.59. The van der Waals surface area contributed by atoms with Crippen LogP contribution >= 0.6 is 0 Å². The van der Waals surface area contributed by atoms with Crippen LogP contribution in [0.2, 0.25) is 0 Å². The summed E-state index contributed by atoms with van der Waals surface area (Å²) in [6.45, 7) is 5.53.